The quantitative estimate of drug-likeness (QED) is 0.598. The zero-order chi connectivity index (χ0) is 19.3. The monoisotopic (exact) mass is 388 g/mol. The summed E-state index contributed by atoms with van der Waals surface area (Å²) in [5.41, 5.74) is 1.94. The van der Waals surface area contributed by atoms with Crippen molar-refractivity contribution in [2.75, 3.05) is 31.2 Å². The van der Waals surface area contributed by atoms with E-state index in [9.17, 15) is 8.42 Å². The Morgan fingerprint density at radius 1 is 1.19 bits per heavy atom. The summed E-state index contributed by atoms with van der Waals surface area (Å²) in [6.07, 6.45) is 3.26. The van der Waals surface area contributed by atoms with Gasteiger partial charge in [-0.25, -0.2) is 18.1 Å². The predicted molar refractivity (Wildman–Crippen MR) is 102 cm³/mol. The summed E-state index contributed by atoms with van der Waals surface area (Å²) in [7, 11) is -0.290. The van der Waals surface area contributed by atoms with E-state index >= 15 is 0 Å². The minimum atomic E-state index is -3.52. The number of hydrogen-bond donors (Lipinski definition) is 2. The van der Waals surface area contributed by atoms with Crippen LogP contribution in [0.4, 0.5) is 5.82 Å². The van der Waals surface area contributed by atoms with Crippen LogP contribution in [0.5, 0.6) is 5.88 Å². The average Bonchev–Trinajstić information content (AvgIpc) is 3.10. The number of rotatable bonds is 8. The first-order chi connectivity index (χ1) is 13.0. The SMILES string of the molecule is CNCCS(=O)(=O)Nc1cc(-c2ccccn2)n(-c2ccc(OC)nc2)n1. The van der Waals surface area contributed by atoms with E-state index in [0.717, 1.165) is 0 Å². The Kier molecular flexibility index (Phi) is 5.67. The van der Waals surface area contributed by atoms with E-state index in [1.807, 2.05) is 12.1 Å². The Bertz CT molecular complexity index is 987. The molecule has 0 spiro atoms. The molecule has 0 atom stereocenters. The molecule has 0 aliphatic heterocycles. The van der Waals surface area contributed by atoms with Crippen LogP contribution in [0.3, 0.4) is 0 Å². The lowest BCUT2D eigenvalue weighted by molar-refractivity contribution is 0.397. The average molecular weight is 388 g/mol. The van der Waals surface area contributed by atoms with Crippen molar-refractivity contribution < 1.29 is 13.2 Å². The van der Waals surface area contributed by atoms with Gasteiger partial charge in [0.25, 0.3) is 0 Å². The Balaban J connectivity index is 2.01. The summed E-state index contributed by atoms with van der Waals surface area (Å²) < 4.78 is 33.6. The molecule has 3 rings (SSSR count). The topological polar surface area (TPSA) is 111 Å². The number of sulfonamides is 1. The van der Waals surface area contributed by atoms with Crippen LogP contribution < -0.4 is 14.8 Å². The van der Waals surface area contributed by atoms with Crippen LogP contribution in [0.1, 0.15) is 0 Å². The number of hydrogen-bond acceptors (Lipinski definition) is 7. The second-order valence-electron chi connectivity index (χ2n) is 5.62. The number of nitrogens with one attached hydrogen (secondary N) is 2. The molecular formula is C17H20N6O3S. The van der Waals surface area contributed by atoms with E-state index < -0.39 is 10.0 Å². The molecule has 3 aromatic rings. The number of methoxy groups -OCH3 is 1. The van der Waals surface area contributed by atoms with Gasteiger partial charge in [0.15, 0.2) is 5.82 Å². The number of ether oxygens (including phenoxy) is 1. The van der Waals surface area contributed by atoms with Crippen molar-refractivity contribution in [1.29, 1.82) is 0 Å². The van der Waals surface area contributed by atoms with Crippen LogP contribution in [-0.4, -0.2) is 54.6 Å². The zero-order valence-corrected chi connectivity index (χ0v) is 15.8. The third-order valence-corrected chi connectivity index (χ3v) is 4.95. The third-order valence-electron chi connectivity index (χ3n) is 3.69. The Hall–Kier alpha value is -2.98. The molecular weight excluding hydrogens is 368 g/mol. The van der Waals surface area contributed by atoms with Crippen LogP contribution in [0.15, 0.2) is 48.8 Å². The maximum Gasteiger partial charge on any atom is 0.235 e. The van der Waals surface area contributed by atoms with Crippen molar-refractivity contribution >= 4 is 15.8 Å². The number of nitrogens with zero attached hydrogens (tertiary/aromatic N) is 4. The van der Waals surface area contributed by atoms with Gasteiger partial charge in [0, 0.05) is 24.9 Å². The van der Waals surface area contributed by atoms with Gasteiger partial charge in [0.05, 0.1) is 36.1 Å². The van der Waals surface area contributed by atoms with Gasteiger partial charge >= 0.3 is 0 Å². The molecule has 9 nitrogen and oxygen atoms in total. The van der Waals surface area contributed by atoms with E-state index in [4.69, 9.17) is 4.74 Å². The first-order valence-corrected chi connectivity index (χ1v) is 9.84. The fourth-order valence-electron chi connectivity index (χ4n) is 2.39. The van der Waals surface area contributed by atoms with Crippen LogP contribution in [0.2, 0.25) is 0 Å². The molecule has 142 valence electrons. The van der Waals surface area contributed by atoms with Gasteiger partial charge in [-0.1, -0.05) is 6.07 Å². The van der Waals surface area contributed by atoms with Gasteiger partial charge in [0.2, 0.25) is 15.9 Å². The predicted octanol–water partition coefficient (Wildman–Crippen LogP) is 1.30. The molecule has 0 saturated carbocycles. The molecule has 3 aromatic heterocycles. The van der Waals surface area contributed by atoms with Crippen molar-refractivity contribution in [1.82, 2.24) is 25.1 Å². The molecule has 2 N–H and O–H groups in total. The van der Waals surface area contributed by atoms with E-state index in [1.54, 1.807) is 48.4 Å². The van der Waals surface area contributed by atoms with E-state index in [2.05, 4.69) is 25.1 Å². The van der Waals surface area contributed by atoms with Crippen LogP contribution in [0.25, 0.3) is 17.1 Å². The fourth-order valence-corrected chi connectivity index (χ4v) is 3.38. The lowest BCUT2D eigenvalue weighted by atomic mass is 10.2. The Morgan fingerprint density at radius 2 is 2.04 bits per heavy atom. The van der Waals surface area contributed by atoms with Crippen LogP contribution in [0, 0.1) is 0 Å². The lowest BCUT2D eigenvalue weighted by Crippen LogP contribution is -2.24. The Labute approximate surface area is 157 Å². The molecule has 0 aliphatic rings. The summed E-state index contributed by atoms with van der Waals surface area (Å²) >= 11 is 0. The molecule has 0 aliphatic carbocycles. The molecule has 0 saturated heterocycles. The van der Waals surface area contributed by atoms with Crippen LogP contribution >= 0.6 is 0 Å². The van der Waals surface area contributed by atoms with Crippen molar-refractivity contribution in [3.05, 3.63) is 48.8 Å². The van der Waals surface area contributed by atoms with Gasteiger partial charge in [-0.2, -0.15) is 0 Å². The third kappa shape index (κ3) is 4.60. The molecule has 0 amide bonds. The molecule has 0 unspecified atom stereocenters. The number of aromatic nitrogens is 4. The van der Waals surface area contributed by atoms with E-state index in [0.29, 0.717) is 29.5 Å². The number of pyridine rings is 2. The maximum absolute atomic E-state index is 12.2. The summed E-state index contributed by atoms with van der Waals surface area (Å²) in [6, 6.07) is 10.6. The lowest BCUT2D eigenvalue weighted by Gasteiger charge is -2.07. The van der Waals surface area contributed by atoms with E-state index in [-0.39, 0.29) is 11.6 Å². The highest BCUT2D eigenvalue weighted by Crippen LogP contribution is 2.25. The van der Waals surface area contributed by atoms with Crippen LogP contribution in [-0.2, 0) is 10.0 Å². The smallest absolute Gasteiger partial charge is 0.235 e. The van der Waals surface area contributed by atoms with Gasteiger partial charge in [-0.15, -0.1) is 5.10 Å². The van der Waals surface area contributed by atoms with Crippen molar-refractivity contribution in [2.24, 2.45) is 0 Å². The minimum absolute atomic E-state index is 0.0562. The molecule has 0 radical (unpaired) electrons. The molecule has 0 bridgehead atoms. The van der Waals surface area contributed by atoms with Gasteiger partial charge in [0.1, 0.15) is 0 Å². The fraction of sp³-hybridized carbons (Fsp3) is 0.235. The minimum Gasteiger partial charge on any atom is -0.481 e. The second kappa shape index (κ2) is 8.14. The summed E-state index contributed by atoms with van der Waals surface area (Å²) in [6.45, 7) is 0.339. The van der Waals surface area contributed by atoms with Gasteiger partial charge in [-0.3, -0.25) is 9.71 Å². The summed E-state index contributed by atoms with van der Waals surface area (Å²) in [4.78, 5) is 8.52. The van der Waals surface area contributed by atoms with Crippen molar-refractivity contribution in [3.8, 4) is 23.0 Å². The highest BCUT2D eigenvalue weighted by molar-refractivity contribution is 7.92. The standard InChI is InChI=1S/C17H20N6O3S/c1-18-9-10-27(24,25)22-16-11-15(14-5-3-4-8-19-14)23(21-16)13-6-7-17(26-2)20-12-13/h3-8,11-12,18H,9-10H2,1-2H3,(H,21,22). The van der Waals surface area contributed by atoms with Crippen molar-refractivity contribution in [3.63, 3.8) is 0 Å². The molecule has 0 fully saturated rings. The Morgan fingerprint density at radius 3 is 2.67 bits per heavy atom. The molecule has 27 heavy (non-hydrogen) atoms. The van der Waals surface area contributed by atoms with E-state index in [1.165, 1.54) is 7.11 Å². The summed E-state index contributed by atoms with van der Waals surface area (Å²) in [5.74, 6) is 0.625. The zero-order valence-electron chi connectivity index (χ0n) is 15.0. The molecule has 0 aromatic carbocycles. The normalized spacial score (nSPS) is 11.3. The highest BCUT2D eigenvalue weighted by atomic mass is 32.2. The van der Waals surface area contributed by atoms with Gasteiger partial charge < -0.3 is 10.1 Å². The van der Waals surface area contributed by atoms with Crippen molar-refractivity contribution in [2.45, 2.75) is 0 Å². The summed E-state index contributed by atoms with van der Waals surface area (Å²) in [5, 5.41) is 7.20. The maximum atomic E-state index is 12.2. The largest absolute Gasteiger partial charge is 0.481 e. The highest BCUT2D eigenvalue weighted by Gasteiger charge is 2.17. The second-order valence-corrected chi connectivity index (χ2v) is 7.47. The first-order valence-electron chi connectivity index (χ1n) is 8.19. The number of anilines is 1. The first kappa shape index (κ1) is 18.8. The molecule has 10 heteroatoms. The van der Waals surface area contributed by atoms with Gasteiger partial charge in [-0.05, 0) is 25.2 Å². The molecule has 3 heterocycles.